The first kappa shape index (κ1) is 19.8. The molecule has 0 aliphatic heterocycles. The summed E-state index contributed by atoms with van der Waals surface area (Å²) < 4.78 is 16.3. The Morgan fingerprint density at radius 1 is 1.11 bits per heavy atom. The van der Waals surface area contributed by atoms with Gasteiger partial charge >= 0.3 is 0 Å². The number of hydrogen-bond acceptors (Lipinski definition) is 2. The van der Waals surface area contributed by atoms with Gasteiger partial charge in [-0.2, -0.15) is 5.10 Å². The lowest BCUT2D eigenvalue weighted by Crippen LogP contribution is -2.28. The van der Waals surface area contributed by atoms with Crippen LogP contribution in [0.25, 0.3) is 0 Å². The van der Waals surface area contributed by atoms with Gasteiger partial charge in [-0.15, -0.1) is 0 Å². The minimum absolute atomic E-state index is 0.0280. The summed E-state index contributed by atoms with van der Waals surface area (Å²) in [6.45, 7) is 4.44. The van der Waals surface area contributed by atoms with E-state index >= 15 is 0 Å². The highest BCUT2D eigenvalue weighted by Gasteiger charge is 2.24. The van der Waals surface area contributed by atoms with Crippen LogP contribution in [-0.4, -0.2) is 27.6 Å². The van der Waals surface area contributed by atoms with Gasteiger partial charge in [0.25, 0.3) is 0 Å². The predicted molar refractivity (Wildman–Crippen MR) is 108 cm³/mol. The molecule has 0 aliphatic carbocycles. The molecule has 1 aromatic heterocycles. The van der Waals surface area contributed by atoms with Crippen molar-refractivity contribution in [1.29, 1.82) is 0 Å². The quantitative estimate of drug-likeness (QED) is 0.638. The highest BCUT2D eigenvalue weighted by molar-refractivity contribution is 5.77. The van der Waals surface area contributed by atoms with Crippen molar-refractivity contribution >= 4 is 5.91 Å². The molecule has 146 valence electrons. The van der Waals surface area contributed by atoms with E-state index in [1.54, 1.807) is 24.1 Å². The number of aromatic nitrogens is 2. The largest absolute Gasteiger partial charge is 0.341 e. The number of hydrogen-bond donors (Lipinski definition) is 0. The number of aryl methyl sites for hydroxylation is 2. The Morgan fingerprint density at radius 3 is 2.36 bits per heavy atom. The smallest absolute Gasteiger partial charge is 0.223 e. The molecule has 0 saturated carbocycles. The van der Waals surface area contributed by atoms with Gasteiger partial charge < -0.3 is 4.90 Å². The van der Waals surface area contributed by atoms with Gasteiger partial charge in [-0.3, -0.25) is 9.48 Å². The number of nitrogens with zero attached hydrogens (tertiary/aromatic N) is 3. The third kappa shape index (κ3) is 4.14. The topological polar surface area (TPSA) is 38.1 Å². The fourth-order valence-corrected chi connectivity index (χ4v) is 3.55. The van der Waals surface area contributed by atoms with Gasteiger partial charge in [-0.05, 0) is 31.0 Å². The molecule has 0 bridgehead atoms. The van der Waals surface area contributed by atoms with Crippen molar-refractivity contribution in [3.8, 4) is 0 Å². The maximum atomic E-state index is 14.5. The van der Waals surface area contributed by atoms with Crippen LogP contribution in [0.2, 0.25) is 0 Å². The van der Waals surface area contributed by atoms with E-state index in [1.807, 2.05) is 62.0 Å². The average molecular weight is 379 g/mol. The first-order chi connectivity index (χ1) is 13.4. The van der Waals surface area contributed by atoms with Crippen molar-refractivity contribution in [2.45, 2.75) is 32.7 Å². The number of carbonyl (C=O) groups excluding carboxylic acids is 1. The molecule has 0 saturated heterocycles. The summed E-state index contributed by atoms with van der Waals surface area (Å²) >= 11 is 0. The van der Waals surface area contributed by atoms with Crippen molar-refractivity contribution in [3.63, 3.8) is 0 Å². The molecule has 4 nitrogen and oxygen atoms in total. The Bertz CT molecular complexity index is 965. The Balaban J connectivity index is 1.84. The van der Waals surface area contributed by atoms with Gasteiger partial charge in [0, 0.05) is 44.2 Å². The first-order valence-electron chi connectivity index (χ1n) is 9.41. The van der Waals surface area contributed by atoms with Crippen LogP contribution in [0.4, 0.5) is 4.39 Å². The third-order valence-electron chi connectivity index (χ3n) is 5.34. The summed E-state index contributed by atoms with van der Waals surface area (Å²) in [5, 5.41) is 4.42. The number of amides is 1. The zero-order valence-electron chi connectivity index (χ0n) is 16.8. The molecular weight excluding hydrogens is 353 g/mol. The second-order valence-corrected chi connectivity index (χ2v) is 7.21. The van der Waals surface area contributed by atoms with Gasteiger partial charge in [-0.25, -0.2) is 4.39 Å². The molecule has 0 N–H and O–H groups in total. The summed E-state index contributed by atoms with van der Waals surface area (Å²) in [5.41, 5.74) is 4.51. The molecule has 5 heteroatoms. The fraction of sp³-hybridized carbons (Fsp3) is 0.304. The van der Waals surface area contributed by atoms with E-state index in [9.17, 15) is 9.18 Å². The summed E-state index contributed by atoms with van der Waals surface area (Å²) in [6.07, 6.45) is 0.208. The molecule has 0 unspecified atom stereocenters. The molecule has 1 heterocycles. The van der Waals surface area contributed by atoms with E-state index in [2.05, 4.69) is 5.10 Å². The van der Waals surface area contributed by atoms with Gasteiger partial charge in [0.2, 0.25) is 5.91 Å². The van der Waals surface area contributed by atoms with Crippen LogP contribution < -0.4 is 0 Å². The molecule has 0 aliphatic rings. The lowest BCUT2D eigenvalue weighted by molar-refractivity contribution is -0.130. The first-order valence-corrected chi connectivity index (χ1v) is 9.41. The highest BCUT2D eigenvalue weighted by Crippen LogP contribution is 2.30. The van der Waals surface area contributed by atoms with E-state index in [-0.39, 0.29) is 24.1 Å². The van der Waals surface area contributed by atoms with E-state index in [0.717, 1.165) is 22.5 Å². The standard InChI is InChI=1S/C23H26FN3O/c1-16-21(17(2)27(4)25-16)15-26(3)23(28)14-20(18-10-6-5-7-11-18)19-12-8-9-13-22(19)24/h5-13,20H,14-15H2,1-4H3/t20-/m0/s1. The van der Waals surface area contributed by atoms with Crippen molar-refractivity contribution < 1.29 is 9.18 Å². The molecule has 0 spiro atoms. The lowest BCUT2D eigenvalue weighted by Gasteiger charge is -2.23. The predicted octanol–water partition coefficient (Wildman–Crippen LogP) is 4.36. The van der Waals surface area contributed by atoms with Gasteiger partial charge in [0.1, 0.15) is 5.82 Å². The highest BCUT2D eigenvalue weighted by atomic mass is 19.1. The molecule has 3 aromatic rings. The van der Waals surface area contributed by atoms with Crippen LogP contribution in [0, 0.1) is 19.7 Å². The van der Waals surface area contributed by atoms with E-state index < -0.39 is 0 Å². The zero-order valence-corrected chi connectivity index (χ0v) is 16.8. The molecule has 0 radical (unpaired) electrons. The molecular formula is C23H26FN3O. The van der Waals surface area contributed by atoms with Crippen LogP contribution in [-0.2, 0) is 18.4 Å². The van der Waals surface area contributed by atoms with Crippen LogP contribution in [0.5, 0.6) is 0 Å². The summed E-state index contributed by atoms with van der Waals surface area (Å²) in [7, 11) is 3.69. The molecule has 1 amide bonds. The number of rotatable bonds is 6. The summed E-state index contributed by atoms with van der Waals surface area (Å²) in [4.78, 5) is 14.7. The molecule has 3 rings (SSSR count). The second kappa shape index (κ2) is 8.38. The zero-order chi connectivity index (χ0) is 20.3. The number of carbonyl (C=O) groups is 1. The molecule has 1 atom stereocenters. The van der Waals surface area contributed by atoms with Crippen molar-refractivity contribution in [3.05, 3.63) is 88.5 Å². The minimum Gasteiger partial charge on any atom is -0.341 e. The van der Waals surface area contributed by atoms with Crippen molar-refractivity contribution in [1.82, 2.24) is 14.7 Å². The molecule has 2 aromatic carbocycles. The SMILES string of the molecule is Cc1nn(C)c(C)c1CN(C)C(=O)C[C@@H](c1ccccc1)c1ccccc1F. The van der Waals surface area contributed by atoms with Crippen LogP contribution in [0.15, 0.2) is 54.6 Å². The van der Waals surface area contributed by atoms with Gasteiger partial charge in [0.15, 0.2) is 0 Å². The van der Waals surface area contributed by atoms with Crippen molar-refractivity contribution in [2.75, 3.05) is 7.05 Å². The Morgan fingerprint density at radius 2 is 1.75 bits per heavy atom. The molecule has 0 fully saturated rings. The van der Waals surface area contributed by atoms with Gasteiger partial charge in [0.05, 0.1) is 5.69 Å². The second-order valence-electron chi connectivity index (χ2n) is 7.21. The summed E-state index contributed by atoms with van der Waals surface area (Å²) in [6, 6.07) is 16.3. The van der Waals surface area contributed by atoms with Crippen LogP contribution >= 0.6 is 0 Å². The Labute approximate surface area is 165 Å². The third-order valence-corrected chi connectivity index (χ3v) is 5.34. The number of benzene rings is 2. The maximum Gasteiger partial charge on any atom is 0.223 e. The van der Waals surface area contributed by atoms with Gasteiger partial charge in [-0.1, -0.05) is 48.5 Å². The average Bonchev–Trinajstić information content (AvgIpc) is 2.93. The lowest BCUT2D eigenvalue weighted by atomic mass is 9.87. The van der Waals surface area contributed by atoms with Crippen molar-refractivity contribution in [2.24, 2.45) is 7.05 Å². The van der Waals surface area contributed by atoms with E-state index in [1.165, 1.54) is 6.07 Å². The Hall–Kier alpha value is -2.95. The maximum absolute atomic E-state index is 14.5. The fourth-order valence-electron chi connectivity index (χ4n) is 3.55. The monoisotopic (exact) mass is 379 g/mol. The minimum atomic E-state index is -0.326. The molecule has 28 heavy (non-hydrogen) atoms. The van der Waals surface area contributed by atoms with Crippen LogP contribution in [0.1, 0.15) is 40.4 Å². The van der Waals surface area contributed by atoms with Crippen LogP contribution in [0.3, 0.4) is 0 Å². The number of halogens is 1. The summed E-state index contributed by atoms with van der Waals surface area (Å²) in [5.74, 6) is -0.640. The van der Waals surface area contributed by atoms with E-state index in [0.29, 0.717) is 12.1 Å². The van der Waals surface area contributed by atoms with E-state index in [4.69, 9.17) is 0 Å². The normalized spacial score (nSPS) is 12.0. The Kier molecular flexibility index (Phi) is 5.93.